The topological polar surface area (TPSA) is 103 Å². The third-order valence-corrected chi connectivity index (χ3v) is 5.87. The lowest BCUT2D eigenvalue weighted by Gasteiger charge is -2.18. The maximum atomic E-state index is 12.8. The Hall–Kier alpha value is -3.91. The van der Waals surface area contributed by atoms with Gasteiger partial charge >= 0.3 is 0 Å². The van der Waals surface area contributed by atoms with Crippen LogP contribution in [0.1, 0.15) is 20.8 Å². The summed E-state index contributed by atoms with van der Waals surface area (Å²) in [5.41, 5.74) is 7.58. The van der Waals surface area contributed by atoms with Crippen molar-refractivity contribution in [3.05, 3.63) is 94.3 Å². The van der Waals surface area contributed by atoms with Gasteiger partial charge in [0.25, 0.3) is 11.8 Å². The summed E-state index contributed by atoms with van der Waals surface area (Å²) >= 11 is 1.30. The number of hydrogen-bond acceptors (Lipinski definition) is 4. The number of hydrogen-bond donors (Lipinski definition) is 4. The smallest absolute Gasteiger partial charge is 0.262 e. The first-order chi connectivity index (χ1) is 15.6. The normalized spacial score (nSPS) is 11.6. The van der Waals surface area contributed by atoms with Crippen molar-refractivity contribution < 1.29 is 14.4 Å². The number of H-pyrrole nitrogens is 1. The molecule has 1 atom stereocenters. The summed E-state index contributed by atoms with van der Waals surface area (Å²) < 4.78 is 0. The third kappa shape index (κ3) is 5.22. The Morgan fingerprint density at radius 3 is 2.47 bits per heavy atom. The highest BCUT2D eigenvalue weighted by molar-refractivity contribution is 7.12. The molecule has 2 aromatic carbocycles. The van der Waals surface area contributed by atoms with Crippen LogP contribution in [0.15, 0.2) is 78.3 Å². The van der Waals surface area contributed by atoms with Gasteiger partial charge in [-0.25, -0.2) is 0 Å². The van der Waals surface area contributed by atoms with Crippen molar-refractivity contribution in [2.24, 2.45) is 0 Å². The molecule has 0 spiro atoms. The molecule has 0 aliphatic rings. The number of carbonyl (C=O) groups excluding carboxylic acids is 3. The molecule has 4 aromatic rings. The van der Waals surface area contributed by atoms with Gasteiger partial charge < -0.3 is 10.3 Å². The SMILES string of the molecule is O=C(Cc1c[nH]c2ccccc12)NNC(=O)[C@H](Cc1ccccc1)NC(=O)c1cccs1. The molecule has 2 heterocycles. The van der Waals surface area contributed by atoms with Gasteiger partial charge in [-0.05, 0) is 28.6 Å². The van der Waals surface area contributed by atoms with Gasteiger partial charge in [-0.15, -0.1) is 11.3 Å². The van der Waals surface area contributed by atoms with Crippen LogP contribution in [0.2, 0.25) is 0 Å². The molecule has 7 nitrogen and oxygen atoms in total. The van der Waals surface area contributed by atoms with Crippen LogP contribution in [0.3, 0.4) is 0 Å². The van der Waals surface area contributed by atoms with Crippen molar-refractivity contribution in [2.75, 3.05) is 0 Å². The zero-order valence-corrected chi connectivity index (χ0v) is 17.9. The van der Waals surface area contributed by atoms with Crippen LogP contribution in [0.5, 0.6) is 0 Å². The van der Waals surface area contributed by atoms with Crippen molar-refractivity contribution in [1.29, 1.82) is 0 Å². The summed E-state index contributed by atoms with van der Waals surface area (Å²) in [6.07, 6.45) is 2.18. The van der Waals surface area contributed by atoms with Gasteiger partial charge in [0.15, 0.2) is 0 Å². The van der Waals surface area contributed by atoms with Gasteiger partial charge in [-0.1, -0.05) is 54.6 Å². The van der Waals surface area contributed by atoms with Crippen molar-refractivity contribution in [3.8, 4) is 0 Å². The minimum absolute atomic E-state index is 0.106. The fourth-order valence-electron chi connectivity index (χ4n) is 3.41. The van der Waals surface area contributed by atoms with Crippen LogP contribution in [-0.4, -0.2) is 28.7 Å². The number of amides is 3. The number of hydrazine groups is 1. The summed E-state index contributed by atoms with van der Waals surface area (Å²) in [7, 11) is 0. The Bertz CT molecular complexity index is 1220. The number of para-hydroxylation sites is 1. The Morgan fingerprint density at radius 2 is 1.69 bits per heavy atom. The second-order valence-corrected chi connectivity index (χ2v) is 8.21. The standard InChI is InChI=1S/C24H22N4O3S/c29-22(14-17-15-25-19-10-5-4-9-18(17)19)27-28-23(30)20(13-16-7-2-1-3-8-16)26-24(31)21-11-6-12-32-21/h1-12,15,20,25H,13-14H2,(H,26,31)(H,27,29)(H,28,30)/t20-/m0/s1. The van der Waals surface area contributed by atoms with E-state index in [1.165, 1.54) is 11.3 Å². The highest BCUT2D eigenvalue weighted by atomic mass is 32.1. The molecule has 0 saturated heterocycles. The number of rotatable bonds is 7. The van der Waals surface area contributed by atoms with E-state index in [1.807, 2.05) is 54.6 Å². The monoisotopic (exact) mass is 446 g/mol. The minimum Gasteiger partial charge on any atom is -0.361 e. The van der Waals surface area contributed by atoms with E-state index in [1.54, 1.807) is 23.7 Å². The molecule has 0 radical (unpaired) electrons. The molecule has 0 aliphatic heterocycles. The largest absolute Gasteiger partial charge is 0.361 e. The zero-order chi connectivity index (χ0) is 22.3. The van der Waals surface area contributed by atoms with E-state index in [2.05, 4.69) is 21.2 Å². The number of carbonyl (C=O) groups is 3. The molecule has 2 aromatic heterocycles. The van der Waals surface area contributed by atoms with E-state index in [0.29, 0.717) is 11.3 Å². The van der Waals surface area contributed by atoms with Crippen LogP contribution >= 0.6 is 11.3 Å². The number of thiophene rings is 1. The average Bonchev–Trinajstić information content (AvgIpc) is 3.49. The Labute approximate surface area is 188 Å². The van der Waals surface area contributed by atoms with Crippen LogP contribution in [0, 0.1) is 0 Å². The maximum Gasteiger partial charge on any atom is 0.262 e. The average molecular weight is 447 g/mol. The number of fused-ring (bicyclic) bond motifs is 1. The highest BCUT2D eigenvalue weighted by Crippen LogP contribution is 2.18. The second kappa shape index (κ2) is 9.93. The van der Waals surface area contributed by atoms with E-state index in [0.717, 1.165) is 22.0 Å². The molecule has 3 amide bonds. The van der Waals surface area contributed by atoms with Gasteiger partial charge in [-0.3, -0.25) is 25.2 Å². The molecule has 32 heavy (non-hydrogen) atoms. The van der Waals surface area contributed by atoms with Crippen LogP contribution in [0.4, 0.5) is 0 Å². The molecule has 0 aliphatic carbocycles. The van der Waals surface area contributed by atoms with E-state index >= 15 is 0 Å². The predicted octanol–water partition coefficient (Wildman–Crippen LogP) is 2.96. The molecular weight excluding hydrogens is 424 g/mol. The fourth-order valence-corrected chi connectivity index (χ4v) is 4.04. The fraction of sp³-hybridized carbons (Fsp3) is 0.125. The van der Waals surface area contributed by atoms with Crippen molar-refractivity contribution in [2.45, 2.75) is 18.9 Å². The maximum absolute atomic E-state index is 12.8. The summed E-state index contributed by atoms with van der Waals surface area (Å²) in [6, 6.07) is 19.7. The first-order valence-electron chi connectivity index (χ1n) is 10.1. The minimum atomic E-state index is -0.847. The van der Waals surface area contributed by atoms with Crippen molar-refractivity contribution >= 4 is 40.0 Å². The molecular formula is C24H22N4O3S. The lowest BCUT2D eigenvalue weighted by Crippen LogP contribution is -2.53. The van der Waals surface area contributed by atoms with E-state index < -0.39 is 11.9 Å². The summed E-state index contributed by atoms with van der Waals surface area (Å²) in [6.45, 7) is 0. The number of nitrogens with one attached hydrogen (secondary N) is 4. The van der Waals surface area contributed by atoms with Gasteiger partial charge in [0.2, 0.25) is 5.91 Å². The van der Waals surface area contributed by atoms with E-state index in [9.17, 15) is 14.4 Å². The molecule has 0 unspecified atom stereocenters. The Kier molecular flexibility index (Phi) is 6.62. The van der Waals surface area contributed by atoms with Crippen molar-refractivity contribution in [1.82, 2.24) is 21.2 Å². The van der Waals surface area contributed by atoms with E-state index in [-0.39, 0.29) is 18.2 Å². The number of aromatic nitrogens is 1. The molecule has 0 bridgehead atoms. The molecule has 0 saturated carbocycles. The first kappa shape index (κ1) is 21.3. The molecule has 4 N–H and O–H groups in total. The van der Waals surface area contributed by atoms with Crippen LogP contribution in [0.25, 0.3) is 10.9 Å². The Morgan fingerprint density at radius 1 is 0.906 bits per heavy atom. The van der Waals surface area contributed by atoms with Gasteiger partial charge in [-0.2, -0.15) is 0 Å². The first-order valence-corrected chi connectivity index (χ1v) is 11.0. The summed E-state index contributed by atoms with van der Waals surface area (Å²) in [5.74, 6) is -1.18. The lowest BCUT2D eigenvalue weighted by atomic mass is 10.1. The molecule has 162 valence electrons. The third-order valence-electron chi connectivity index (χ3n) is 5.00. The zero-order valence-electron chi connectivity index (χ0n) is 17.1. The molecule has 0 fully saturated rings. The van der Waals surface area contributed by atoms with Crippen LogP contribution in [-0.2, 0) is 22.4 Å². The van der Waals surface area contributed by atoms with Crippen molar-refractivity contribution in [3.63, 3.8) is 0 Å². The van der Waals surface area contributed by atoms with Gasteiger partial charge in [0, 0.05) is 23.5 Å². The van der Waals surface area contributed by atoms with Crippen LogP contribution < -0.4 is 16.2 Å². The van der Waals surface area contributed by atoms with Gasteiger partial charge in [0.1, 0.15) is 6.04 Å². The lowest BCUT2D eigenvalue weighted by molar-refractivity contribution is -0.129. The summed E-state index contributed by atoms with van der Waals surface area (Å²) in [5, 5.41) is 5.52. The molecule has 8 heteroatoms. The predicted molar refractivity (Wildman–Crippen MR) is 124 cm³/mol. The number of aromatic amines is 1. The molecule has 4 rings (SSSR count). The second-order valence-electron chi connectivity index (χ2n) is 7.27. The highest BCUT2D eigenvalue weighted by Gasteiger charge is 2.23. The van der Waals surface area contributed by atoms with Gasteiger partial charge in [0.05, 0.1) is 11.3 Å². The summed E-state index contributed by atoms with van der Waals surface area (Å²) in [4.78, 5) is 41.4. The quantitative estimate of drug-likeness (QED) is 0.328. The van der Waals surface area contributed by atoms with E-state index in [4.69, 9.17) is 0 Å². The number of benzene rings is 2. The Balaban J connectivity index is 1.39.